The summed E-state index contributed by atoms with van der Waals surface area (Å²) >= 11 is 0. The van der Waals surface area contributed by atoms with Crippen LogP contribution in [0, 0.1) is 0 Å². The molecule has 0 aromatic heterocycles. The van der Waals surface area contributed by atoms with Crippen molar-refractivity contribution in [3.05, 3.63) is 91.0 Å². The first kappa shape index (κ1) is 12.8. The molecule has 0 aliphatic heterocycles. The Morgan fingerprint density at radius 3 is 1.64 bits per heavy atom. The standard InChI is InChI=1S/C22H16/c1-2-3-8-16-13-14-21-19-11-5-4-9-17(19)18-10-6-7-12-20(18)22(21)15-16/h2-15H,1H2/b8-3+. The van der Waals surface area contributed by atoms with Crippen LogP contribution in [0.25, 0.3) is 38.4 Å². The minimum Gasteiger partial charge on any atom is -0.0991 e. The lowest BCUT2D eigenvalue weighted by atomic mass is 9.93. The highest BCUT2D eigenvalue weighted by Crippen LogP contribution is 2.35. The van der Waals surface area contributed by atoms with E-state index in [4.69, 9.17) is 0 Å². The van der Waals surface area contributed by atoms with Crippen molar-refractivity contribution in [3.8, 4) is 0 Å². The molecule has 0 heterocycles. The fourth-order valence-corrected chi connectivity index (χ4v) is 3.21. The summed E-state index contributed by atoms with van der Waals surface area (Å²) in [6.07, 6.45) is 5.88. The van der Waals surface area contributed by atoms with Gasteiger partial charge in [-0.2, -0.15) is 0 Å². The topological polar surface area (TPSA) is 0 Å². The molecule has 4 aromatic carbocycles. The summed E-state index contributed by atoms with van der Waals surface area (Å²) in [7, 11) is 0. The molecule has 0 radical (unpaired) electrons. The summed E-state index contributed by atoms with van der Waals surface area (Å²) < 4.78 is 0. The summed E-state index contributed by atoms with van der Waals surface area (Å²) in [6.45, 7) is 3.74. The van der Waals surface area contributed by atoms with Gasteiger partial charge in [-0.25, -0.2) is 0 Å². The summed E-state index contributed by atoms with van der Waals surface area (Å²) in [4.78, 5) is 0. The van der Waals surface area contributed by atoms with Gasteiger partial charge in [-0.15, -0.1) is 0 Å². The molecule has 104 valence electrons. The summed E-state index contributed by atoms with van der Waals surface area (Å²) in [5.74, 6) is 0. The first-order valence-corrected chi connectivity index (χ1v) is 7.51. The SMILES string of the molecule is C=C/C=C/c1ccc2c3ccccc3c3ccccc3c2c1. The van der Waals surface area contributed by atoms with E-state index < -0.39 is 0 Å². The van der Waals surface area contributed by atoms with Crippen LogP contribution in [-0.2, 0) is 0 Å². The van der Waals surface area contributed by atoms with Crippen molar-refractivity contribution in [2.75, 3.05) is 0 Å². The van der Waals surface area contributed by atoms with Crippen molar-refractivity contribution in [2.45, 2.75) is 0 Å². The van der Waals surface area contributed by atoms with E-state index in [-0.39, 0.29) is 0 Å². The highest BCUT2D eigenvalue weighted by atomic mass is 14.1. The van der Waals surface area contributed by atoms with Crippen LogP contribution in [0.5, 0.6) is 0 Å². The van der Waals surface area contributed by atoms with Gasteiger partial charge >= 0.3 is 0 Å². The molecule has 0 aliphatic carbocycles. The van der Waals surface area contributed by atoms with Gasteiger partial charge in [-0.3, -0.25) is 0 Å². The molecular formula is C22H16. The van der Waals surface area contributed by atoms with E-state index in [0.29, 0.717) is 0 Å². The summed E-state index contributed by atoms with van der Waals surface area (Å²) in [6, 6.07) is 24.0. The second kappa shape index (κ2) is 5.16. The molecule has 0 N–H and O–H groups in total. The molecule has 0 bridgehead atoms. The fraction of sp³-hybridized carbons (Fsp3) is 0. The quantitative estimate of drug-likeness (QED) is 0.296. The molecule has 0 atom stereocenters. The lowest BCUT2D eigenvalue weighted by Gasteiger charge is -2.10. The van der Waals surface area contributed by atoms with E-state index >= 15 is 0 Å². The van der Waals surface area contributed by atoms with Crippen molar-refractivity contribution in [2.24, 2.45) is 0 Å². The van der Waals surface area contributed by atoms with E-state index in [1.807, 2.05) is 12.2 Å². The molecule has 0 unspecified atom stereocenters. The van der Waals surface area contributed by atoms with Crippen LogP contribution in [0.3, 0.4) is 0 Å². The first-order chi connectivity index (χ1) is 10.9. The zero-order chi connectivity index (χ0) is 14.9. The van der Waals surface area contributed by atoms with Crippen LogP contribution in [0.1, 0.15) is 5.56 Å². The van der Waals surface area contributed by atoms with Gasteiger partial charge < -0.3 is 0 Å². The van der Waals surface area contributed by atoms with Crippen molar-refractivity contribution >= 4 is 38.4 Å². The second-order valence-corrected chi connectivity index (χ2v) is 5.49. The number of rotatable bonds is 2. The molecular weight excluding hydrogens is 264 g/mol. The Morgan fingerprint density at radius 2 is 1.09 bits per heavy atom. The van der Waals surface area contributed by atoms with Gasteiger partial charge in [0.2, 0.25) is 0 Å². The Hall–Kier alpha value is -2.86. The Kier molecular flexibility index (Phi) is 3.01. The molecule has 4 rings (SSSR count). The third-order valence-electron chi connectivity index (χ3n) is 4.19. The Bertz CT molecular complexity index is 1000. The van der Waals surface area contributed by atoms with E-state index in [2.05, 4.69) is 79.4 Å². The molecule has 0 spiro atoms. The first-order valence-electron chi connectivity index (χ1n) is 7.51. The average Bonchev–Trinajstić information content (AvgIpc) is 2.60. The maximum atomic E-state index is 3.74. The predicted octanol–water partition coefficient (Wildman–Crippen LogP) is 6.35. The zero-order valence-corrected chi connectivity index (χ0v) is 12.3. The van der Waals surface area contributed by atoms with Crippen molar-refractivity contribution in [1.29, 1.82) is 0 Å². The third-order valence-corrected chi connectivity index (χ3v) is 4.19. The van der Waals surface area contributed by atoms with Gasteiger partial charge in [-0.1, -0.05) is 85.5 Å². The maximum absolute atomic E-state index is 3.74. The highest BCUT2D eigenvalue weighted by molar-refractivity contribution is 6.25. The van der Waals surface area contributed by atoms with E-state index in [0.717, 1.165) is 0 Å². The summed E-state index contributed by atoms with van der Waals surface area (Å²) in [5, 5.41) is 7.88. The average molecular weight is 280 g/mol. The molecule has 0 fully saturated rings. The molecule has 0 aliphatic rings. The minimum atomic E-state index is 1.20. The lowest BCUT2D eigenvalue weighted by Crippen LogP contribution is -1.83. The van der Waals surface area contributed by atoms with Gasteiger partial charge in [0.25, 0.3) is 0 Å². The maximum Gasteiger partial charge on any atom is -0.00930 e. The molecule has 0 amide bonds. The van der Waals surface area contributed by atoms with E-state index in [1.54, 1.807) is 0 Å². The van der Waals surface area contributed by atoms with Crippen LogP contribution < -0.4 is 0 Å². The number of allylic oxidation sites excluding steroid dienone is 2. The largest absolute Gasteiger partial charge is 0.0991 e. The molecule has 0 nitrogen and oxygen atoms in total. The van der Waals surface area contributed by atoms with Gasteiger partial charge in [0.05, 0.1) is 0 Å². The van der Waals surface area contributed by atoms with Crippen molar-refractivity contribution in [3.63, 3.8) is 0 Å². The molecule has 4 aromatic rings. The number of hydrogen-bond donors (Lipinski definition) is 0. The van der Waals surface area contributed by atoms with Crippen LogP contribution >= 0.6 is 0 Å². The van der Waals surface area contributed by atoms with Crippen LogP contribution in [0.2, 0.25) is 0 Å². The number of benzene rings is 4. The molecule has 0 heteroatoms. The van der Waals surface area contributed by atoms with E-state index in [9.17, 15) is 0 Å². The third kappa shape index (κ3) is 1.93. The van der Waals surface area contributed by atoms with Gasteiger partial charge in [0.15, 0.2) is 0 Å². The van der Waals surface area contributed by atoms with Crippen LogP contribution in [0.15, 0.2) is 85.5 Å². The molecule has 0 saturated carbocycles. The molecule has 0 saturated heterocycles. The Labute approximate surface area is 130 Å². The van der Waals surface area contributed by atoms with Gasteiger partial charge in [0.1, 0.15) is 0 Å². The number of fused-ring (bicyclic) bond motifs is 6. The molecule has 22 heavy (non-hydrogen) atoms. The van der Waals surface area contributed by atoms with Crippen LogP contribution in [-0.4, -0.2) is 0 Å². The number of hydrogen-bond acceptors (Lipinski definition) is 0. The lowest BCUT2D eigenvalue weighted by molar-refractivity contribution is 1.73. The Morgan fingerprint density at radius 1 is 0.591 bits per heavy atom. The fourth-order valence-electron chi connectivity index (χ4n) is 3.21. The van der Waals surface area contributed by atoms with Gasteiger partial charge in [0, 0.05) is 0 Å². The zero-order valence-electron chi connectivity index (χ0n) is 12.3. The van der Waals surface area contributed by atoms with Crippen LogP contribution in [0.4, 0.5) is 0 Å². The highest BCUT2D eigenvalue weighted by Gasteiger charge is 2.07. The Balaban J connectivity index is 2.22. The second-order valence-electron chi connectivity index (χ2n) is 5.49. The van der Waals surface area contributed by atoms with Crippen molar-refractivity contribution in [1.82, 2.24) is 0 Å². The predicted molar refractivity (Wildman–Crippen MR) is 98.2 cm³/mol. The smallest absolute Gasteiger partial charge is 0.00930 e. The summed E-state index contributed by atoms with van der Waals surface area (Å²) in [5.41, 5.74) is 1.20. The van der Waals surface area contributed by atoms with E-state index in [1.165, 1.54) is 37.9 Å². The van der Waals surface area contributed by atoms with Gasteiger partial charge in [-0.05, 0) is 43.9 Å². The monoisotopic (exact) mass is 280 g/mol. The normalized spacial score (nSPS) is 11.6. The minimum absolute atomic E-state index is 1.20. The van der Waals surface area contributed by atoms with Crippen molar-refractivity contribution < 1.29 is 0 Å².